The van der Waals surface area contributed by atoms with Gasteiger partial charge in [0, 0.05) is 61.2 Å². The third-order valence-corrected chi connectivity index (χ3v) is 10.7. The number of nitrogens with zero attached hydrogens (tertiary/aromatic N) is 2. The zero-order valence-corrected chi connectivity index (χ0v) is 36.1. The van der Waals surface area contributed by atoms with Crippen molar-refractivity contribution in [1.82, 2.24) is 41.5 Å². The standard InChI is InChI=1S/C42H56N12O9S/c1-64-17-15-28(43)36(57)50-31(13-14-35(55)56)38(59)53-33(20-26-22-46-23-49-26)40(61)52-32(18-24-8-3-2-4-9-24)39(60)51-30(12-7-16-47-42(44)45)37(58)54-34(41(62)63)19-25-21-48-29-11-6-5-10-27(25)29/h2-6,8-11,21-23,28,30-34,48H,7,12-20,43H2,1H3,(H,46,49)(H,50,57)(H,51,60)(H,52,61)(H,53,59)(H,54,58)(H,55,56)(H,62,63)(H4,44,45,47)/t28-,30-,31-,32-,33-,34-/m0/s1. The van der Waals surface area contributed by atoms with E-state index in [0.29, 0.717) is 29.0 Å². The number of nitrogens with one attached hydrogen (secondary N) is 7. The van der Waals surface area contributed by atoms with Gasteiger partial charge in [0.1, 0.15) is 30.2 Å². The number of hydrogen-bond acceptors (Lipinski definition) is 11. The summed E-state index contributed by atoms with van der Waals surface area (Å²) in [6, 6.07) is 8.04. The molecule has 2 aromatic heterocycles. The quantitative estimate of drug-likeness (QED) is 0.0203. The number of carboxylic acids is 2. The number of thioether (sulfide) groups is 1. The van der Waals surface area contributed by atoms with E-state index in [4.69, 9.17) is 17.2 Å². The van der Waals surface area contributed by atoms with Gasteiger partial charge in [0.15, 0.2) is 5.96 Å². The molecule has 0 unspecified atom stereocenters. The van der Waals surface area contributed by atoms with Gasteiger partial charge in [-0.25, -0.2) is 9.78 Å². The maximum absolute atomic E-state index is 14.3. The molecule has 6 atom stereocenters. The van der Waals surface area contributed by atoms with Gasteiger partial charge < -0.3 is 64.0 Å². The SMILES string of the molecule is CSCC[C@H](N)C(=O)N[C@@H](CCC(=O)O)C(=O)N[C@@H](Cc1cnc[nH]1)C(=O)N[C@@H](Cc1ccccc1)C(=O)N[C@@H](CCCN=C(N)N)C(=O)N[C@@H](Cc1c[nH]c2ccccc12)C(=O)O. The topological polar surface area (TPSA) is 355 Å². The van der Waals surface area contributed by atoms with Crippen molar-refractivity contribution in [1.29, 1.82) is 0 Å². The second kappa shape index (κ2) is 25.2. The van der Waals surface area contributed by atoms with Crippen LogP contribution in [-0.4, -0.2) is 127 Å². The number of para-hydroxylation sites is 1. The van der Waals surface area contributed by atoms with Crippen molar-refractivity contribution in [3.05, 3.63) is 90.1 Å². The van der Waals surface area contributed by atoms with Crippen LogP contribution in [-0.2, 0) is 52.8 Å². The molecular weight excluding hydrogens is 849 g/mol. The van der Waals surface area contributed by atoms with E-state index in [9.17, 15) is 43.8 Å². The number of rotatable bonds is 27. The van der Waals surface area contributed by atoms with E-state index in [2.05, 4.69) is 46.5 Å². The third kappa shape index (κ3) is 16.1. The molecule has 0 spiro atoms. The van der Waals surface area contributed by atoms with E-state index >= 15 is 0 Å². The second-order valence-corrected chi connectivity index (χ2v) is 15.9. The third-order valence-electron chi connectivity index (χ3n) is 10.1. The lowest BCUT2D eigenvalue weighted by Gasteiger charge is -2.27. The molecule has 4 rings (SSSR count). The molecule has 2 aromatic carbocycles. The highest BCUT2D eigenvalue weighted by Gasteiger charge is 2.34. The first-order chi connectivity index (χ1) is 30.6. The largest absolute Gasteiger partial charge is 0.481 e. The zero-order chi connectivity index (χ0) is 46.6. The van der Waals surface area contributed by atoms with Gasteiger partial charge >= 0.3 is 11.9 Å². The Kier molecular flexibility index (Phi) is 19.6. The molecule has 22 heteroatoms. The minimum atomic E-state index is -1.41. The van der Waals surface area contributed by atoms with E-state index in [1.54, 1.807) is 42.6 Å². The van der Waals surface area contributed by atoms with E-state index in [-0.39, 0.29) is 51.0 Å². The number of benzene rings is 2. The first kappa shape index (κ1) is 49.7. The lowest BCUT2D eigenvalue weighted by Crippen LogP contribution is -2.60. The number of aromatic nitrogens is 3. The van der Waals surface area contributed by atoms with Crippen LogP contribution >= 0.6 is 11.8 Å². The summed E-state index contributed by atoms with van der Waals surface area (Å²) < 4.78 is 0. The van der Waals surface area contributed by atoms with Gasteiger partial charge in [-0.15, -0.1) is 0 Å². The normalized spacial score (nSPS) is 13.8. The molecule has 0 aliphatic rings. The minimum absolute atomic E-state index is 0.0390. The number of aliphatic carboxylic acids is 2. The molecule has 64 heavy (non-hydrogen) atoms. The van der Waals surface area contributed by atoms with Crippen LogP contribution in [0.1, 0.15) is 48.9 Å². The molecule has 0 radical (unpaired) electrons. The average Bonchev–Trinajstić information content (AvgIpc) is 3.94. The smallest absolute Gasteiger partial charge is 0.326 e. The Morgan fingerprint density at radius 2 is 1.31 bits per heavy atom. The number of aliphatic imine (C=N–C) groups is 1. The van der Waals surface area contributed by atoms with E-state index in [1.165, 1.54) is 24.3 Å². The fourth-order valence-electron chi connectivity index (χ4n) is 6.66. The van der Waals surface area contributed by atoms with Crippen molar-refractivity contribution in [3.8, 4) is 0 Å². The van der Waals surface area contributed by atoms with Gasteiger partial charge in [0.05, 0.1) is 12.4 Å². The van der Waals surface area contributed by atoms with Crippen molar-refractivity contribution >= 4 is 70.1 Å². The Labute approximate surface area is 372 Å². The molecule has 0 bridgehead atoms. The fourth-order valence-corrected chi connectivity index (χ4v) is 7.15. The number of aromatic amines is 2. The molecule has 15 N–H and O–H groups in total. The molecule has 344 valence electrons. The molecule has 2 heterocycles. The van der Waals surface area contributed by atoms with Crippen molar-refractivity contribution < 1.29 is 43.8 Å². The first-order valence-corrected chi connectivity index (χ1v) is 21.9. The summed E-state index contributed by atoms with van der Waals surface area (Å²) in [7, 11) is 0. The van der Waals surface area contributed by atoms with E-state index in [1.807, 2.05) is 24.5 Å². The van der Waals surface area contributed by atoms with E-state index < -0.39 is 84.1 Å². The number of imidazole rings is 1. The molecule has 4 aromatic rings. The van der Waals surface area contributed by atoms with Crippen LogP contribution < -0.4 is 43.8 Å². The van der Waals surface area contributed by atoms with Crippen LogP contribution in [0.25, 0.3) is 10.9 Å². The predicted octanol–water partition coefficient (Wildman–Crippen LogP) is -0.574. The molecule has 5 amide bonds. The monoisotopic (exact) mass is 904 g/mol. The second-order valence-electron chi connectivity index (χ2n) is 14.9. The molecule has 21 nitrogen and oxygen atoms in total. The van der Waals surface area contributed by atoms with Crippen LogP contribution in [0.2, 0.25) is 0 Å². The number of amides is 5. The number of carboxylic acid groups (broad SMARTS) is 2. The number of guanidine groups is 1. The summed E-state index contributed by atoms with van der Waals surface area (Å²) in [5, 5.41) is 33.4. The number of H-pyrrole nitrogens is 2. The van der Waals surface area contributed by atoms with Crippen LogP contribution in [0.5, 0.6) is 0 Å². The minimum Gasteiger partial charge on any atom is -0.481 e. The molecule has 0 aliphatic heterocycles. The zero-order valence-electron chi connectivity index (χ0n) is 35.3. The Morgan fingerprint density at radius 1 is 0.719 bits per heavy atom. The molecule has 0 saturated heterocycles. The predicted molar refractivity (Wildman–Crippen MR) is 239 cm³/mol. The number of carbonyl (C=O) groups excluding carboxylic acids is 5. The molecule has 0 aliphatic carbocycles. The Hall–Kier alpha value is -6.94. The lowest BCUT2D eigenvalue weighted by molar-refractivity contribution is -0.142. The van der Waals surface area contributed by atoms with Crippen molar-refractivity contribution in [2.45, 2.75) is 87.6 Å². The number of carbonyl (C=O) groups is 7. The molecule has 0 fully saturated rings. The van der Waals surface area contributed by atoms with Gasteiger partial charge in [-0.05, 0) is 54.9 Å². The van der Waals surface area contributed by atoms with Crippen molar-refractivity contribution in [2.24, 2.45) is 22.2 Å². The maximum Gasteiger partial charge on any atom is 0.326 e. The Bertz CT molecular complexity index is 2220. The first-order valence-electron chi connectivity index (χ1n) is 20.5. The number of nitrogens with two attached hydrogens (primary N) is 3. The fraction of sp³-hybridized carbons (Fsp3) is 0.405. The van der Waals surface area contributed by atoms with Crippen LogP contribution in [0, 0.1) is 0 Å². The van der Waals surface area contributed by atoms with Gasteiger partial charge in [-0.3, -0.25) is 33.8 Å². The van der Waals surface area contributed by atoms with Crippen molar-refractivity contribution in [2.75, 3.05) is 18.6 Å². The van der Waals surface area contributed by atoms with Gasteiger partial charge in [0.2, 0.25) is 29.5 Å². The highest BCUT2D eigenvalue weighted by molar-refractivity contribution is 7.98. The van der Waals surface area contributed by atoms with E-state index in [0.717, 1.165) is 10.9 Å². The van der Waals surface area contributed by atoms with Crippen LogP contribution in [0.3, 0.4) is 0 Å². The van der Waals surface area contributed by atoms with Gasteiger partial charge in [-0.2, -0.15) is 11.8 Å². The molecule has 0 saturated carbocycles. The Morgan fingerprint density at radius 3 is 1.94 bits per heavy atom. The highest BCUT2D eigenvalue weighted by atomic mass is 32.2. The van der Waals surface area contributed by atoms with Crippen LogP contribution in [0.4, 0.5) is 0 Å². The summed E-state index contributed by atoms with van der Waals surface area (Å²) in [5.74, 6) is -6.22. The van der Waals surface area contributed by atoms with Crippen molar-refractivity contribution in [3.63, 3.8) is 0 Å². The lowest BCUT2D eigenvalue weighted by atomic mass is 10.0. The Balaban J connectivity index is 1.60. The van der Waals surface area contributed by atoms with Crippen LogP contribution in [0.15, 0.2) is 78.3 Å². The number of fused-ring (bicyclic) bond motifs is 1. The van der Waals surface area contributed by atoms with Gasteiger partial charge in [0.25, 0.3) is 0 Å². The summed E-state index contributed by atoms with van der Waals surface area (Å²) in [5.41, 5.74) is 19.5. The average molecular weight is 905 g/mol. The molecular formula is C42H56N12O9S. The summed E-state index contributed by atoms with van der Waals surface area (Å²) in [6.45, 7) is 0.0799. The maximum atomic E-state index is 14.3. The number of hydrogen-bond donors (Lipinski definition) is 12. The summed E-state index contributed by atoms with van der Waals surface area (Å²) >= 11 is 1.47. The summed E-state index contributed by atoms with van der Waals surface area (Å²) in [6.07, 6.45) is 5.56. The summed E-state index contributed by atoms with van der Waals surface area (Å²) in [4.78, 5) is 107. The van der Waals surface area contributed by atoms with Gasteiger partial charge in [-0.1, -0.05) is 48.5 Å². The highest BCUT2D eigenvalue weighted by Crippen LogP contribution is 2.19.